The molecule has 1 aliphatic rings. The Balaban J connectivity index is 2.29. The fourth-order valence-electron chi connectivity index (χ4n) is 1.79. The number of hydrogen-bond acceptors (Lipinski definition) is 3. The van der Waals surface area contributed by atoms with E-state index in [9.17, 15) is 9.59 Å². The minimum Gasteiger partial charge on any atom is -0.491 e. The van der Waals surface area contributed by atoms with Crippen molar-refractivity contribution in [3.8, 4) is 5.75 Å². The van der Waals surface area contributed by atoms with E-state index in [1.807, 2.05) is 13.8 Å². The number of carbonyl (C=O) groups is 2. The van der Waals surface area contributed by atoms with E-state index >= 15 is 0 Å². The first-order valence-electron chi connectivity index (χ1n) is 6.32. The molecule has 1 aromatic rings. The lowest BCUT2D eigenvalue weighted by molar-refractivity contribution is -0.118. The molecule has 102 valence electrons. The lowest BCUT2D eigenvalue weighted by atomic mass is 10.1. The summed E-state index contributed by atoms with van der Waals surface area (Å²) in [6, 6.07) is 5.14. The van der Waals surface area contributed by atoms with Gasteiger partial charge in [0, 0.05) is 18.7 Å². The number of amides is 2. The number of likely N-dealkylation sites (N-methyl/N-ethyl adjacent to an activating group) is 1. The number of rotatable bonds is 2. The van der Waals surface area contributed by atoms with E-state index in [2.05, 4.69) is 5.32 Å². The molecule has 5 nitrogen and oxygen atoms in total. The summed E-state index contributed by atoms with van der Waals surface area (Å²) in [7, 11) is 1.74. The van der Waals surface area contributed by atoms with Gasteiger partial charge in [-0.2, -0.15) is 0 Å². The van der Waals surface area contributed by atoms with Gasteiger partial charge in [0.2, 0.25) is 5.91 Å². The molecule has 0 fully saturated rings. The van der Waals surface area contributed by atoms with Gasteiger partial charge in [0.25, 0.3) is 5.91 Å². The van der Waals surface area contributed by atoms with Gasteiger partial charge in [-0.3, -0.25) is 9.59 Å². The molecule has 1 aliphatic heterocycles. The van der Waals surface area contributed by atoms with E-state index < -0.39 is 0 Å². The summed E-state index contributed by atoms with van der Waals surface area (Å²) in [4.78, 5) is 25.4. The van der Waals surface area contributed by atoms with Crippen molar-refractivity contribution in [3.05, 3.63) is 23.8 Å². The van der Waals surface area contributed by atoms with Crippen LogP contribution in [0.3, 0.4) is 0 Å². The zero-order valence-corrected chi connectivity index (χ0v) is 11.4. The van der Waals surface area contributed by atoms with Crippen LogP contribution < -0.4 is 10.1 Å². The fraction of sp³-hybridized carbons (Fsp3) is 0.429. The SMILES string of the molecule is CC(C)C(=O)Nc1ccc2c(c1)C(=O)N(C)CCO2. The number of anilines is 1. The van der Waals surface area contributed by atoms with Crippen molar-refractivity contribution in [2.24, 2.45) is 5.92 Å². The molecule has 1 aromatic carbocycles. The zero-order chi connectivity index (χ0) is 14.0. The van der Waals surface area contributed by atoms with Crippen LogP contribution in [0.4, 0.5) is 5.69 Å². The first-order valence-corrected chi connectivity index (χ1v) is 6.32. The number of ether oxygens (including phenoxy) is 1. The van der Waals surface area contributed by atoms with E-state index in [-0.39, 0.29) is 17.7 Å². The number of nitrogens with zero attached hydrogens (tertiary/aromatic N) is 1. The molecule has 0 saturated heterocycles. The molecule has 2 rings (SSSR count). The highest BCUT2D eigenvalue weighted by molar-refractivity contribution is 5.99. The maximum absolute atomic E-state index is 12.1. The van der Waals surface area contributed by atoms with Gasteiger partial charge in [0.1, 0.15) is 12.4 Å². The fourth-order valence-corrected chi connectivity index (χ4v) is 1.79. The van der Waals surface area contributed by atoms with Crippen LogP contribution in [0.15, 0.2) is 18.2 Å². The van der Waals surface area contributed by atoms with Crippen molar-refractivity contribution in [3.63, 3.8) is 0 Å². The molecule has 0 bridgehead atoms. The molecule has 1 heterocycles. The summed E-state index contributed by atoms with van der Waals surface area (Å²) in [5.41, 5.74) is 1.10. The van der Waals surface area contributed by atoms with Crippen LogP contribution in [0.25, 0.3) is 0 Å². The van der Waals surface area contributed by atoms with Crippen LogP contribution in [0.5, 0.6) is 5.75 Å². The summed E-state index contributed by atoms with van der Waals surface area (Å²) in [5.74, 6) is 0.300. The topological polar surface area (TPSA) is 58.6 Å². The predicted molar refractivity (Wildman–Crippen MR) is 72.4 cm³/mol. The predicted octanol–water partition coefficient (Wildman–Crippen LogP) is 1.75. The Labute approximate surface area is 112 Å². The van der Waals surface area contributed by atoms with Crippen LogP contribution in [0.2, 0.25) is 0 Å². The molecule has 0 saturated carbocycles. The highest BCUT2D eigenvalue weighted by Crippen LogP contribution is 2.26. The third-order valence-electron chi connectivity index (χ3n) is 3.03. The quantitative estimate of drug-likeness (QED) is 0.883. The Kier molecular flexibility index (Phi) is 3.74. The van der Waals surface area contributed by atoms with E-state index in [0.717, 1.165) is 0 Å². The van der Waals surface area contributed by atoms with Gasteiger partial charge in [-0.1, -0.05) is 13.8 Å². The average molecular weight is 262 g/mol. The monoisotopic (exact) mass is 262 g/mol. The summed E-state index contributed by atoms with van der Waals surface area (Å²) in [5, 5.41) is 2.78. The summed E-state index contributed by atoms with van der Waals surface area (Å²) >= 11 is 0. The minimum absolute atomic E-state index is 0.0738. The second kappa shape index (κ2) is 5.30. The van der Waals surface area contributed by atoms with Gasteiger partial charge in [0.15, 0.2) is 0 Å². The maximum Gasteiger partial charge on any atom is 0.257 e. The molecule has 1 N–H and O–H groups in total. The summed E-state index contributed by atoms with van der Waals surface area (Å²) in [6.07, 6.45) is 0. The second-order valence-electron chi connectivity index (χ2n) is 4.93. The van der Waals surface area contributed by atoms with Crippen molar-refractivity contribution in [1.82, 2.24) is 4.90 Å². The van der Waals surface area contributed by atoms with Crippen LogP contribution in [0.1, 0.15) is 24.2 Å². The van der Waals surface area contributed by atoms with Crippen LogP contribution in [-0.2, 0) is 4.79 Å². The lowest BCUT2D eigenvalue weighted by Gasteiger charge is -2.13. The van der Waals surface area contributed by atoms with Crippen molar-refractivity contribution >= 4 is 17.5 Å². The molecule has 0 atom stereocenters. The van der Waals surface area contributed by atoms with Gasteiger partial charge >= 0.3 is 0 Å². The largest absolute Gasteiger partial charge is 0.491 e. The molecule has 19 heavy (non-hydrogen) atoms. The number of fused-ring (bicyclic) bond motifs is 1. The molecule has 0 unspecified atom stereocenters. The first kappa shape index (κ1) is 13.4. The molecule has 2 amide bonds. The molecule has 0 aromatic heterocycles. The highest BCUT2D eigenvalue weighted by Gasteiger charge is 2.21. The van der Waals surface area contributed by atoms with Gasteiger partial charge in [0.05, 0.1) is 12.1 Å². The number of nitrogens with one attached hydrogen (secondary N) is 1. The Bertz CT molecular complexity index is 511. The number of hydrogen-bond donors (Lipinski definition) is 1. The van der Waals surface area contributed by atoms with E-state index in [0.29, 0.717) is 30.2 Å². The Morgan fingerprint density at radius 2 is 2.16 bits per heavy atom. The van der Waals surface area contributed by atoms with E-state index in [1.54, 1.807) is 30.1 Å². The Hall–Kier alpha value is -2.04. The third kappa shape index (κ3) is 2.86. The summed E-state index contributed by atoms with van der Waals surface area (Å²) < 4.78 is 5.52. The number of benzene rings is 1. The van der Waals surface area contributed by atoms with Gasteiger partial charge < -0.3 is 15.0 Å². The first-order chi connectivity index (χ1) is 8.99. The molecular formula is C14H18N2O3. The highest BCUT2D eigenvalue weighted by atomic mass is 16.5. The zero-order valence-electron chi connectivity index (χ0n) is 11.4. The molecule has 0 spiro atoms. The number of carbonyl (C=O) groups excluding carboxylic acids is 2. The van der Waals surface area contributed by atoms with Crippen molar-refractivity contribution in [2.45, 2.75) is 13.8 Å². The standard InChI is InChI=1S/C14H18N2O3/c1-9(2)13(17)15-10-4-5-12-11(8-10)14(18)16(3)6-7-19-12/h4-5,8-9H,6-7H2,1-3H3,(H,15,17). The Morgan fingerprint density at radius 1 is 1.42 bits per heavy atom. The molecular weight excluding hydrogens is 244 g/mol. The van der Waals surface area contributed by atoms with Crippen LogP contribution in [-0.4, -0.2) is 36.9 Å². The van der Waals surface area contributed by atoms with Crippen LogP contribution in [0, 0.1) is 5.92 Å². The van der Waals surface area contributed by atoms with Gasteiger partial charge in [-0.15, -0.1) is 0 Å². The van der Waals surface area contributed by atoms with Crippen LogP contribution >= 0.6 is 0 Å². The van der Waals surface area contributed by atoms with Crippen molar-refractivity contribution in [2.75, 3.05) is 25.5 Å². The molecule has 0 radical (unpaired) electrons. The van der Waals surface area contributed by atoms with Gasteiger partial charge in [-0.05, 0) is 18.2 Å². The third-order valence-corrected chi connectivity index (χ3v) is 3.03. The second-order valence-corrected chi connectivity index (χ2v) is 4.93. The van der Waals surface area contributed by atoms with E-state index in [4.69, 9.17) is 4.74 Å². The van der Waals surface area contributed by atoms with E-state index in [1.165, 1.54) is 0 Å². The van der Waals surface area contributed by atoms with Gasteiger partial charge in [-0.25, -0.2) is 0 Å². The molecule has 5 heteroatoms. The average Bonchev–Trinajstić information content (AvgIpc) is 2.51. The lowest BCUT2D eigenvalue weighted by Crippen LogP contribution is -2.28. The Morgan fingerprint density at radius 3 is 2.84 bits per heavy atom. The minimum atomic E-state index is -0.103. The normalized spacial score (nSPS) is 14.7. The summed E-state index contributed by atoms with van der Waals surface area (Å²) in [6.45, 7) is 4.68. The van der Waals surface area contributed by atoms with Crippen molar-refractivity contribution < 1.29 is 14.3 Å². The smallest absolute Gasteiger partial charge is 0.257 e. The maximum atomic E-state index is 12.1. The van der Waals surface area contributed by atoms with Crippen molar-refractivity contribution in [1.29, 1.82) is 0 Å². The molecule has 0 aliphatic carbocycles.